The highest BCUT2D eigenvalue weighted by Gasteiger charge is 2.12. The van der Waals surface area contributed by atoms with Gasteiger partial charge in [-0.05, 0) is 13.3 Å². The fourth-order valence-corrected chi connectivity index (χ4v) is 3.36. The second-order valence-corrected chi connectivity index (χ2v) is 7.12. The van der Waals surface area contributed by atoms with E-state index in [1.165, 1.54) is 16.2 Å². The molecule has 2 amide bonds. The first-order chi connectivity index (χ1) is 10.1. The van der Waals surface area contributed by atoms with Gasteiger partial charge in [-0.2, -0.15) is 0 Å². The topological polar surface area (TPSA) is 79.8 Å². The average Bonchev–Trinajstić information content (AvgIpc) is 3.06. The Hall–Kier alpha value is -1.54. The second kappa shape index (κ2) is 7.46. The zero-order chi connectivity index (χ0) is 15.2. The molecule has 0 aliphatic carbocycles. The van der Waals surface area contributed by atoms with Gasteiger partial charge in [0.1, 0.15) is 5.01 Å². The Kier molecular flexibility index (Phi) is 5.63. The summed E-state index contributed by atoms with van der Waals surface area (Å²) in [5, 5.41) is 16.0. The van der Waals surface area contributed by atoms with Gasteiger partial charge in [-0.15, -0.1) is 21.5 Å². The lowest BCUT2D eigenvalue weighted by Gasteiger charge is -2.09. The molecule has 0 radical (unpaired) electrons. The summed E-state index contributed by atoms with van der Waals surface area (Å²) in [7, 11) is 0. The van der Waals surface area contributed by atoms with E-state index in [-0.39, 0.29) is 11.9 Å². The van der Waals surface area contributed by atoms with E-state index >= 15 is 0 Å². The maximum Gasteiger partial charge on any atom is 0.321 e. The number of aromatic nitrogens is 3. The molecule has 0 fully saturated rings. The van der Waals surface area contributed by atoms with Crippen LogP contribution in [0, 0.1) is 6.92 Å². The van der Waals surface area contributed by atoms with Crippen molar-refractivity contribution in [1.29, 1.82) is 0 Å². The molecule has 0 spiro atoms. The summed E-state index contributed by atoms with van der Waals surface area (Å²) in [6.07, 6.45) is 3.76. The number of nitrogens with one attached hydrogen (secondary N) is 2. The largest absolute Gasteiger partial charge is 0.337 e. The highest BCUT2D eigenvalue weighted by Crippen LogP contribution is 2.20. The zero-order valence-corrected chi connectivity index (χ0v) is 14.0. The molecule has 2 heterocycles. The Labute approximate surface area is 132 Å². The van der Waals surface area contributed by atoms with Crippen LogP contribution >= 0.6 is 22.7 Å². The van der Waals surface area contributed by atoms with Crippen molar-refractivity contribution in [2.75, 3.05) is 11.9 Å². The fraction of sp³-hybridized carbons (Fsp3) is 0.538. The quantitative estimate of drug-likeness (QED) is 0.855. The maximum absolute atomic E-state index is 11.8. The number of hydrogen-bond donors (Lipinski definition) is 2. The maximum atomic E-state index is 11.8. The van der Waals surface area contributed by atoms with Crippen LogP contribution < -0.4 is 10.6 Å². The first-order valence-electron chi connectivity index (χ1n) is 6.88. The minimum atomic E-state index is -0.255. The van der Waals surface area contributed by atoms with Crippen molar-refractivity contribution in [3.63, 3.8) is 0 Å². The van der Waals surface area contributed by atoms with E-state index in [1.807, 2.05) is 20.0 Å². The third-order valence-electron chi connectivity index (χ3n) is 2.78. The number of urea groups is 1. The van der Waals surface area contributed by atoms with Gasteiger partial charge in [0.2, 0.25) is 5.13 Å². The summed E-state index contributed by atoms with van der Waals surface area (Å²) >= 11 is 3.07. The number of carbonyl (C=O) groups excluding carboxylic acids is 1. The number of amides is 2. The number of anilines is 1. The predicted molar refractivity (Wildman–Crippen MR) is 86.2 cm³/mol. The number of aryl methyl sites for hydroxylation is 2. The highest BCUT2D eigenvalue weighted by atomic mass is 32.1. The van der Waals surface area contributed by atoms with Crippen LogP contribution in [0.15, 0.2) is 6.20 Å². The molecule has 8 heteroatoms. The standard InChI is InChI=1S/C13H19N5OS2/c1-4-5-10-17-18-13(21-10)16-12(19)15-6-8(2)11-14-7-9(3)20-11/h7-8H,4-6H2,1-3H3,(H2,15,16,18,19)/t8-/m0/s1. The van der Waals surface area contributed by atoms with E-state index in [0.717, 1.165) is 22.9 Å². The van der Waals surface area contributed by atoms with Gasteiger partial charge in [-0.3, -0.25) is 5.32 Å². The summed E-state index contributed by atoms with van der Waals surface area (Å²) in [5.41, 5.74) is 0. The van der Waals surface area contributed by atoms with E-state index in [0.29, 0.717) is 11.7 Å². The van der Waals surface area contributed by atoms with Gasteiger partial charge in [-0.25, -0.2) is 9.78 Å². The van der Waals surface area contributed by atoms with Crippen molar-refractivity contribution in [2.45, 2.75) is 39.5 Å². The molecule has 0 unspecified atom stereocenters. The lowest BCUT2D eigenvalue weighted by Crippen LogP contribution is -2.31. The molecule has 2 aromatic heterocycles. The van der Waals surface area contributed by atoms with Crippen molar-refractivity contribution in [2.24, 2.45) is 0 Å². The van der Waals surface area contributed by atoms with E-state index < -0.39 is 0 Å². The van der Waals surface area contributed by atoms with E-state index in [1.54, 1.807) is 11.3 Å². The van der Waals surface area contributed by atoms with Gasteiger partial charge in [0.05, 0.1) is 5.01 Å². The molecule has 6 nitrogen and oxygen atoms in total. The molecule has 0 saturated carbocycles. The number of thiazole rings is 1. The van der Waals surface area contributed by atoms with Crippen LogP contribution in [0.5, 0.6) is 0 Å². The van der Waals surface area contributed by atoms with Crippen LogP contribution in [0.3, 0.4) is 0 Å². The van der Waals surface area contributed by atoms with Gasteiger partial charge in [0.15, 0.2) is 0 Å². The lowest BCUT2D eigenvalue weighted by atomic mass is 10.2. The normalized spacial score (nSPS) is 12.1. The second-order valence-electron chi connectivity index (χ2n) is 4.80. The SMILES string of the molecule is CCCc1nnc(NC(=O)NC[C@H](C)c2ncc(C)s2)s1. The molecule has 2 aromatic rings. The Morgan fingerprint density at radius 2 is 2.19 bits per heavy atom. The smallest absolute Gasteiger partial charge is 0.321 e. The van der Waals surface area contributed by atoms with Gasteiger partial charge in [-0.1, -0.05) is 25.2 Å². The number of rotatable bonds is 6. The van der Waals surface area contributed by atoms with Crippen molar-refractivity contribution in [3.05, 3.63) is 21.1 Å². The monoisotopic (exact) mass is 325 g/mol. The van der Waals surface area contributed by atoms with Gasteiger partial charge >= 0.3 is 6.03 Å². The average molecular weight is 325 g/mol. The number of nitrogens with zero attached hydrogens (tertiary/aromatic N) is 3. The third-order valence-corrected chi connectivity index (χ3v) is 4.82. The van der Waals surface area contributed by atoms with Gasteiger partial charge in [0, 0.05) is 30.0 Å². The summed E-state index contributed by atoms with van der Waals surface area (Å²) in [4.78, 5) is 17.3. The van der Waals surface area contributed by atoms with E-state index in [4.69, 9.17) is 0 Å². The summed E-state index contributed by atoms with van der Waals surface area (Å²) in [6, 6.07) is -0.255. The lowest BCUT2D eigenvalue weighted by molar-refractivity contribution is 0.251. The molecule has 21 heavy (non-hydrogen) atoms. The van der Waals surface area contributed by atoms with Crippen molar-refractivity contribution >= 4 is 33.8 Å². The molecular formula is C13H19N5OS2. The van der Waals surface area contributed by atoms with Crippen LogP contribution in [0.1, 0.15) is 41.1 Å². The zero-order valence-electron chi connectivity index (χ0n) is 12.3. The predicted octanol–water partition coefficient (Wildman–Crippen LogP) is 3.18. The molecule has 0 bridgehead atoms. The Morgan fingerprint density at radius 3 is 2.86 bits per heavy atom. The van der Waals surface area contributed by atoms with Crippen LogP contribution in [0.25, 0.3) is 0 Å². The molecule has 114 valence electrons. The Bertz CT molecular complexity index is 595. The molecule has 1 atom stereocenters. The summed E-state index contributed by atoms with van der Waals surface area (Å²) in [6.45, 7) is 6.70. The molecular weight excluding hydrogens is 306 g/mol. The van der Waals surface area contributed by atoms with E-state index in [2.05, 4.69) is 32.7 Å². The molecule has 0 saturated heterocycles. The summed E-state index contributed by atoms with van der Waals surface area (Å²) in [5.74, 6) is 0.194. The minimum Gasteiger partial charge on any atom is -0.337 e. The van der Waals surface area contributed by atoms with Crippen LogP contribution in [-0.4, -0.2) is 27.8 Å². The molecule has 0 aromatic carbocycles. The first kappa shape index (κ1) is 15.8. The molecule has 2 rings (SSSR count). The Morgan fingerprint density at radius 1 is 1.38 bits per heavy atom. The van der Waals surface area contributed by atoms with Gasteiger partial charge in [0.25, 0.3) is 0 Å². The number of carbonyl (C=O) groups is 1. The fourth-order valence-electron chi connectivity index (χ4n) is 1.69. The number of hydrogen-bond acceptors (Lipinski definition) is 6. The molecule has 0 aliphatic heterocycles. The first-order valence-corrected chi connectivity index (χ1v) is 8.51. The molecule has 2 N–H and O–H groups in total. The third kappa shape index (κ3) is 4.75. The molecule has 0 aliphatic rings. The van der Waals surface area contributed by atoms with Crippen molar-refractivity contribution in [1.82, 2.24) is 20.5 Å². The van der Waals surface area contributed by atoms with Crippen LogP contribution in [-0.2, 0) is 6.42 Å². The van der Waals surface area contributed by atoms with Crippen LogP contribution in [0.2, 0.25) is 0 Å². The Balaban J connectivity index is 1.78. The minimum absolute atomic E-state index is 0.194. The van der Waals surface area contributed by atoms with E-state index in [9.17, 15) is 4.79 Å². The highest BCUT2D eigenvalue weighted by molar-refractivity contribution is 7.15. The van der Waals surface area contributed by atoms with Gasteiger partial charge < -0.3 is 5.32 Å². The van der Waals surface area contributed by atoms with Crippen LogP contribution in [0.4, 0.5) is 9.93 Å². The van der Waals surface area contributed by atoms with Crippen molar-refractivity contribution in [3.8, 4) is 0 Å². The summed E-state index contributed by atoms with van der Waals surface area (Å²) < 4.78 is 0. The van der Waals surface area contributed by atoms with Crippen molar-refractivity contribution < 1.29 is 4.79 Å².